The van der Waals surface area contributed by atoms with Gasteiger partial charge in [-0.05, 0) is 12.1 Å². The zero-order valence-corrected chi connectivity index (χ0v) is 10.7. The van der Waals surface area contributed by atoms with Crippen molar-refractivity contribution < 1.29 is 27.4 Å². The maximum absolute atomic E-state index is 12.7. The minimum absolute atomic E-state index is 0.0601. The number of carbonyl (C=O) groups excluding carboxylic acids is 1. The molecule has 0 amide bonds. The molecule has 0 spiro atoms. The molecule has 1 fully saturated rings. The summed E-state index contributed by atoms with van der Waals surface area (Å²) >= 11 is 0. The Morgan fingerprint density at radius 2 is 2.30 bits per heavy atom. The molecule has 0 saturated carbocycles. The third-order valence-corrected chi connectivity index (χ3v) is 2.97. The van der Waals surface area contributed by atoms with Crippen LogP contribution in [0.4, 0.5) is 19.0 Å². The average Bonchev–Trinajstić information content (AvgIpc) is 2.45. The van der Waals surface area contributed by atoms with Crippen molar-refractivity contribution in [2.45, 2.75) is 12.2 Å². The van der Waals surface area contributed by atoms with E-state index in [9.17, 15) is 18.0 Å². The highest BCUT2D eigenvalue weighted by Gasteiger charge is 2.34. The van der Waals surface area contributed by atoms with E-state index in [0.717, 1.165) is 18.3 Å². The van der Waals surface area contributed by atoms with Crippen molar-refractivity contribution in [1.29, 1.82) is 0 Å². The molecule has 20 heavy (non-hydrogen) atoms. The molecule has 1 atom stereocenters. The van der Waals surface area contributed by atoms with Crippen LogP contribution in [0, 0.1) is 0 Å². The fourth-order valence-electron chi connectivity index (χ4n) is 1.96. The lowest BCUT2D eigenvalue weighted by Crippen LogP contribution is -2.51. The Morgan fingerprint density at radius 3 is 2.95 bits per heavy atom. The number of hydrogen-bond donors (Lipinski definition) is 0. The van der Waals surface area contributed by atoms with Gasteiger partial charge in [0.1, 0.15) is 5.82 Å². The Labute approximate surface area is 113 Å². The van der Waals surface area contributed by atoms with Crippen LogP contribution in [0.15, 0.2) is 18.3 Å². The highest BCUT2D eigenvalue weighted by Crippen LogP contribution is 2.31. The normalized spacial score (nSPS) is 19.8. The summed E-state index contributed by atoms with van der Waals surface area (Å²) in [5.41, 5.74) is -0.808. The van der Waals surface area contributed by atoms with Crippen LogP contribution in [0.2, 0.25) is 0 Å². The number of alkyl halides is 3. The van der Waals surface area contributed by atoms with Crippen molar-refractivity contribution in [2.75, 3.05) is 31.8 Å². The number of rotatable bonds is 2. The quantitative estimate of drug-likeness (QED) is 0.772. The van der Waals surface area contributed by atoms with Crippen LogP contribution in [-0.4, -0.2) is 43.9 Å². The molecule has 1 aliphatic rings. The van der Waals surface area contributed by atoms with Crippen molar-refractivity contribution in [3.63, 3.8) is 0 Å². The van der Waals surface area contributed by atoms with Crippen LogP contribution in [0.25, 0.3) is 0 Å². The van der Waals surface area contributed by atoms with E-state index >= 15 is 0 Å². The molecule has 1 saturated heterocycles. The first-order valence-corrected chi connectivity index (χ1v) is 5.89. The summed E-state index contributed by atoms with van der Waals surface area (Å²) in [6, 6.07) is 1.02. The monoisotopic (exact) mass is 290 g/mol. The van der Waals surface area contributed by atoms with Gasteiger partial charge in [0.15, 0.2) is 6.04 Å². The van der Waals surface area contributed by atoms with Gasteiger partial charge in [-0.2, -0.15) is 13.2 Å². The topological polar surface area (TPSA) is 51.7 Å². The van der Waals surface area contributed by atoms with Crippen molar-refractivity contribution >= 4 is 11.8 Å². The Hall–Kier alpha value is -1.83. The van der Waals surface area contributed by atoms with Gasteiger partial charge in [-0.25, -0.2) is 9.78 Å². The third-order valence-electron chi connectivity index (χ3n) is 2.97. The second-order valence-corrected chi connectivity index (χ2v) is 4.21. The molecule has 0 radical (unpaired) electrons. The number of esters is 1. The van der Waals surface area contributed by atoms with Gasteiger partial charge >= 0.3 is 12.1 Å². The fourth-order valence-corrected chi connectivity index (χ4v) is 1.96. The van der Waals surface area contributed by atoms with Gasteiger partial charge in [0.05, 0.1) is 25.9 Å². The van der Waals surface area contributed by atoms with Gasteiger partial charge in [0.25, 0.3) is 0 Å². The molecule has 1 aromatic rings. The maximum atomic E-state index is 12.7. The highest BCUT2D eigenvalue weighted by atomic mass is 19.4. The number of carbonyl (C=O) groups is 1. The molecule has 0 bridgehead atoms. The first kappa shape index (κ1) is 14.6. The van der Waals surface area contributed by atoms with E-state index in [0.29, 0.717) is 6.61 Å². The van der Waals surface area contributed by atoms with E-state index in [1.807, 2.05) is 0 Å². The molecule has 0 aliphatic carbocycles. The van der Waals surface area contributed by atoms with Crippen LogP contribution in [-0.2, 0) is 20.4 Å². The maximum Gasteiger partial charge on any atom is 0.416 e. The Balaban J connectivity index is 2.30. The molecular formula is C12H13F3N2O3. The first-order chi connectivity index (χ1) is 9.43. The molecule has 1 aliphatic heterocycles. The summed E-state index contributed by atoms with van der Waals surface area (Å²) in [5.74, 6) is -0.484. The number of methoxy groups -OCH3 is 1. The van der Waals surface area contributed by atoms with E-state index in [1.165, 1.54) is 12.0 Å². The highest BCUT2D eigenvalue weighted by molar-refractivity contribution is 5.80. The van der Waals surface area contributed by atoms with E-state index in [-0.39, 0.29) is 19.0 Å². The second kappa shape index (κ2) is 5.66. The van der Waals surface area contributed by atoms with Crippen LogP contribution in [0.3, 0.4) is 0 Å². The molecule has 2 rings (SSSR count). The summed E-state index contributed by atoms with van der Waals surface area (Å²) in [4.78, 5) is 17.0. The zero-order chi connectivity index (χ0) is 14.8. The van der Waals surface area contributed by atoms with Gasteiger partial charge in [-0.15, -0.1) is 0 Å². The van der Waals surface area contributed by atoms with E-state index in [2.05, 4.69) is 9.72 Å². The smallest absolute Gasteiger partial charge is 0.416 e. The van der Waals surface area contributed by atoms with Crippen LogP contribution in [0.1, 0.15) is 5.56 Å². The van der Waals surface area contributed by atoms with E-state index in [4.69, 9.17) is 4.74 Å². The predicted octanol–water partition coefficient (Wildman–Crippen LogP) is 1.48. The number of ether oxygens (including phenoxy) is 2. The summed E-state index contributed by atoms with van der Waals surface area (Å²) in [6.07, 6.45) is -3.38. The first-order valence-electron chi connectivity index (χ1n) is 5.89. The van der Waals surface area contributed by atoms with Gasteiger partial charge < -0.3 is 14.4 Å². The molecular weight excluding hydrogens is 277 g/mol. The molecule has 0 N–H and O–H groups in total. The van der Waals surface area contributed by atoms with E-state index in [1.54, 1.807) is 0 Å². The van der Waals surface area contributed by atoms with Crippen molar-refractivity contribution in [2.24, 2.45) is 0 Å². The molecule has 8 heteroatoms. The number of hydrogen-bond acceptors (Lipinski definition) is 5. The molecule has 1 aromatic heterocycles. The van der Waals surface area contributed by atoms with Crippen molar-refractivity contribution in [3.05, 3.63) is 23.9 Å². The molecule has 0 aromatic carbocycles. The van der Waals surface area contributed by atoms with Crippen molar-refractivity contribution in [3.8, 4) is 0 Å². The number of nitrogens with zero attached hydrogens (tertiary/aromatic N) is 2. The second-order valence-electron chi connectivity index (χ2n) is 4.21. The van der Waals surface area contributed by atoms with Gasteiger partial charge in [-0.1, -0.05) is 0 Å². The van der Waals surface area contributed by atoms with Crippen LogP contribution >= 0.6 is 0 Å². The number of anilines is 1. The van der Waals surface area contributed by atoms with E-state index < -0.39 is 23.8 Å². The third kappa shape index (κ3) is 3.01. The number of pyridine rings is 1. The Bertz CT molecular complexity index is 493. The number of morpholine rings is 1. The molecule has 1 unspecified atom stereocenters. The predicted molar refractivity (Wildman–Crippen MR) is 63.2 cm³/mol. The lowest BCUT2D eigenvalue weighted by Gasteiger charge is -2.34. The molecule has 110 valence electrons. The van der Waals surface area contributed by atoms with Gasteiger partial charge in [0, 0.05) is 12.7 Å². The lowest BCUT2D eigenvalue weighted by atomic mass is 10.2. The Kier molecular flexibility index (Phi) is 4.12. The van der Waals surface area contributed by atoms with Crippen molar-refractivity contribution in [1.82, 2.24) is 4.98 Å². The molecule has 2 heterocycles. The summed E-state index contributed by atoms with van der Waals surface area (Å²) in [6.45, 7) is 0.643. The SMILES string of the molecule is COC(=O)C1COCCN1c1cc(C(F)(F)F)ccn1. The number of halogens is 3. The van der Waals surface area contributed by atoms with Crippen LogP contribution in [0.5, 0.6) is 0 Å². The van der Waals surface area contributed by atoms with Gasteiger partial charge in [-0.3, -0.25) is 0 Å². The van der Waals surface area contributed by atoms with Gasteiger partial charge in [0.2, 0.25) is 0 Å². The largest absolute Gasteiger partial charge is 0.467 e. The minimum Gasteiger partial charge on any atom is -0.467 e. The lowest BCUT2D eigenvalue weighted by molar-refractivity contribution is -0.144. The molecule has 5 nitrogen and oxygen atoms in total. The fraction of sp³-hybridized carbons (Fsp3) is 0.500. The average molecular weight is 290 g/mol. The summed E-state index contributed by atoms with van der Waals surface area (Å²) < 4.78 is 47.9. The van der Waals surface area contributed by atoms with Crippen LogP contribution < -0.4 is 4.90 Å². The zero-order valence-electron chi connectivity index (χ0n) is 10.7. The Morgan fingerprint density at radius 1 is 1.55 bits per heavy atom. The summed E-state index contributed by atoms with van der Waals surface area (Å²) in [7, 11) is 1.22. The minimum atomic E-state index is -4.45. The summed E-state index contributed by atoms with van der Waals surface area (Å²) in [5, 5.41) is 0. The standard InChI is InChI=1S/C12H13F3N2O3/c1-19-11(18)9-7-20-5-4-17(9)10-6-8(2-3-16-10)12(13,14)15/h2-3,6,9H,4-5,7H2,1H3. The number of aromatic nitrogens is 1.